The van der Waals surface area contributed by atoms with Crippen LogP contribution in [-0.4, -0.2) is 74.9 Å². The monoisotopic (exact) mass is 692 g/mol. The molecule has 5 rings (SSSR count). The summed E-state index contributed by atoms with van der Waals surface area (Å²) in [5.41, 5.74) is -3.42. The summed E-state index contributed by atoms with van der Waals surface area (Å²) in [5, 5.41) is 11.7. The van der Waals surface area contributed by atoms with Gasteiger partial charge in [0.25, 0.3) is 5.91 Å². The average Bonchev–Trinajstić information content (AvgIpc) is 3.92. The average molecular weight is 693 g/mol. The van der Waals surface area contributed by atoms with Gasteiger partial charge in [-0.15, -0.1) is 0 Å². The molecule has 0 radical (unpaired) electrons. The van der Waals surface area contributed by atoms with E-state index in [-0.39, 0.29) is 35.0 Å². The number of hydrogen-bond acceptors (Lipinski definition) is 6. The Balaban J connectivity index is 1.28. The lowest BCUT2D eigenvalue weighted by Gasteiger charge is -2.50. The number of amides is 4. The van der Waals surface area contributed by atoms with Crippen LogP contribution in [0.1, 0.15) is 95.2 Å². The normalized spacial score (nSPS) is 18.8. The van der Waals surface area contributed by atoms with Crippen LogP contribution in [0.5, 0.6) is 0 Å². The Kier molecular flexibility index (Phi) is 9.78. The van der Waals surface area contributed by atoms with Gasteiger partial charge in [-0.25, -0.2) is 9.18 Å². The van der Waals surface area contributed by atoms with Crippen molar-refractivity contribution in [3.63, 3.8) is 0 Å². The molecule has 2 aliphatic carbocycles. The fourth-order valence-electron chi connectivity index (χ4n) is 6.35. The van der Waals surface area contributed by atoms with E-state index >= 15 is 4.39 Å². The number of alkyl halides is 3. The van der Waals surface area contributed by atoms with Crippen LogP contribution in [-0.2, 0) is 14.3 Å². The quantitative estimate of drug-likeness (QED) is 0.265. The lowest BCUT2D eigenvalue weighted by molar-refractivity contribution is -0.230. The molecule has 0 spiro atoms. The summed E-state index contributed by atoms with van der Waals surface area (Å²) in [5.74, 6) is -3.77. The predicted molar refractivity (Wildman–Crippen MR) is 171 cm³/mol. The molecule has 2 saturated carbocycles. The molecule has 2 heterocycles. The maximum Gasteiger partial charge on any atom is 0.415 e. The second-order valence-corrected chi connectivity index (χ2v) is 14.8. The maximum atomic E-state index is 15.5. The van der Waals surface area contributed by atoms with Crippen LogP contribution in [0.3, 0.4) is 0 Å². The van der Waals surface area contributed by atoms with Crippen molar-refractivity contribution in [3.05, 3.63) is 47.5 Å². The lowest BCUT2D eigenvalue weighted by Crippen LogP contribution is -2.78. The van der Waals surface area contributed by atoms with Crippen LogP contribution < -0.4 is 16.0 Å². The lowest BCUT2D eigenvalue weighted by atomic mass is 9.87. The first-order chi connectivity index (χ1) is 22.8. The number of rotatable bonds is 11. The molecule has 3 fully saturated rings. The van der Waals surface area contributed by atoms with Gasteiger partial charge in [-0.1, -0.05) is 6.07 Å². The zero-order chi connectivity index (χ0) is 36.1. The summed E-state index contributed by atoms with van der Waals surface area (Å²) in [7, 11) is 0. The minimum atomic E-state index is -4.88. The second kappa shape index (κ2) is 13.3. The Bertz CT molecular complexity index is 1580. The molecule has 15 heteroatoms. The molecule has 4 amide bonds. The molecule has 49 heavy (non-hydrogen) atoms. The fourth-order valence-corrected chi connectivity index (χ4v) is 6.35. The summed E-state index contributed by atoms with van der Waals surface area (Å²) in [6, 6.07) is 4.12. The van der Waals surface area contributed by atoms with Gasteiger partial charge in [-0.3, -0.25) is 19.1 Å². The first kappa shape index (κ1) is 36.1. The predicted octanol–water partition coefficient (Wildman–Crippen LogP) is 5.55. The van der Waals surface area contributed by atoms with Crippen molar-refractivity contribution in [3.8, 4) is 0 Å². The van der Waals surface area contributed by atoms with E-state index in [9.17, 15) is 32.3 Å². The molecule has 1 saturated heterocycles. The molecule has 268 valence electrons. The molecule has 3 N–H and O–H groups in total. The first-order valence-corrected chi connectivity index (χ1v) is 16.6. The zero-order valence-corrected chi connectivity index (χ0v) is 28.5. The van der Waals surface area contributed by atoms with Crippen LogP contribution in [0.4, 0.5) is 28.0 Å². The van der Waals surface area contributed by atoms with E-state index in [1.807, 2.05) is 19.2 Å². The molecule has 2 atom stereocenters. The number of likely N-dealkylation sites (tertiary alicyclic amines) is 1. The maximum absolute atomic E-state index is 15.5. The molecule has 0 unspecified atom stereocenters. The number of nitrogens with one attached hydrogen (secondary N) is 3. The number of nitrogens with zero attached hydrogens (tertiary/aromatic N) is 3. The SMILES string of the molecule is CC(C)n1nccc1C(=O)N[C@H](C(=O)Nc1ccc([C@H](C)C(=O)NC2(C(F)(F)F)CN(C(=O)OC(C)(C)C)C2)cc1F)C(C1CC1)C1CC1. The van der Waals surface area contributed by atoms with Gasteiger partial charge in [-0.2, -0.15) is 18.3 Å². The van der Waals surface area contributed by atoms with Crippen LogP contribution in [0.25, 0.3) is 0 Å². The van der Waals surface area contributed by atoms with Crippen LogP contribution >= 0.6 is 0 Å². The Labute approximate surface area is 282 Å². The summed E-state index contributed by atoms with van der Waals surface area (Å²) < 4.78 is 64.5. The van der Waals surface area contributed by atoms with E-state index in [0.29, 0.717) is 5.69 Å². The number of carbonyl (C=O) groups excluding carboxylic acids is 4. The standard InChI is InChI=1S/C34H44F4N6O5/c1-18(2)44-25(13-14-39-44)29(46)41-27(26(20-7-8-20)21-9-10-21)30(47)40-24-12-11-22(15-23(24)35)19(3)28(45)42-33(34(36,37)38)16-43(17-33)31(48)49-32(4,5)6/h11-15,18-21,26-27H,7-10,16-17H2,1-6H3,(H,40,47)(H,41,46)(H,42,45)/t19-,27-/m0/s1. The van der Waals surface area contributed by atoms with Gasteiger partial charge in [0, 0.05) is 12.2 Å². The summed E-state index contributed by atoms with van der Waals surface area (Å²) in [6.07, 6.45) is -0.566. The van der Waals surface area contributed by atoms with Crippen molar-refractivity contribution < 1.29 is 41.5 Å². The zero-order valence-electron chi connectivity index (χ0n) is 28.5. The highest BCUT2D eigenvalue weighted by Crippen LogP contribution is 2.51. The minimum absolute atomic E-state index is 0.0780. The third kappa shape index (κ3) is 8.01. The van der Waals surface area contributed by atoms with Gasteiger partial charge in [0.2, 0.25) is 11.8 Å². The van der Waals surface area contributed by atoms with Crippen molar-refractivity contribution in [1.82, 2.24) is 25.3 Å². The number of ether oxygens (including phenoxy) is 1. The van der Waals surface area contributed by atoms with E-state index in [2.05, 4.69) is 15.7 Å². The molecular formula is C34H44F4N6O5. The molecular weight excluding hydrogens is 648 g/mol. The third-order valence-electron chi connectivity index (χ3n) is 9.30. The van der Waals surface area contributed by atoms with Crippen LogP contribution in [0, 0.1) is 23.6 Å². The third-order valence-corrected chi connectivity index (χ3v) is 9.30. The van der Waals surface area contributed by atoms with Gasteiger partial charge in [0.1, 0.15) is 23.2 Å². The molecule has 1 aromatic carbocycles. The van der Waals surface area contributed by atoms with Crippen molar-refractivity contribution in [2.45, 2.75) is 103 Å². The Morgan fingerprint density at radius 3 is 2.08 bits per heavy atom. The van der Waals surface area contributed by atoms with Gasteiger partial charge < -0.3 is 25.6 Å². The van der Waals surface area contributed by atoms with Crippen molar-refractivity contribution in [2.75, 3.05) is 18.4 Å². The number of carbonyl (C=O) groups is 4. The second-order valence-electron chi connectivity index (χ2n) is 14.8. The van der Waals surface area contributed by atoms with Crippen LogP contribution in [0.2, 0.25) is 0 Å². The highest BCUT2D eigenvalue weighted by Gasteiger charge is 2.64. The van der Waals surface area contributed by atoms with E-state index in [1.54, 1.807) is 31.5 Å². The number of halogens is 4. The highest BCUT2D eigenvalue weighted by atomic mass is 19.4. The number of benzene rings is 1. The molecule has 11 nitrogen and oxygen atoms in total. The molecule has 3 aliphatic rings. The van der Waals surface area contributed by atoms with Gasteiger partial charge in [0.15, 0.2) is 5.54 Å². The number of aromatic nitrogens is 2. The van der Waals surface area contributed by atoms with Gasteiger partial charge in [-0.05, 0) is 109 Å². The smallest absolute Gasteiger partial charge is 0.415 e. The van der Waals surface area contributed by atoms with Crippen molar-refractivity contribution in [1.29, 1.82) is 0 Å². The van der Waals surface area contributed by atoms with Crippen LogP contribution in [0.15, 0.2) is 30.5 Å². The molecule has 1 aromatic heterocycles. The Morgan fingerprint density at radius 1 is 0.959 bits per heavy atom. The van der Waals surface area contributed by atoms with E-state index in [1.165, 1.54) is 25.3 Å². The molecule has 0 bridgehead atoms. The van der Waals surface area contributed by atoms with Gasteiger partial charge in [0.05, 0.1) is 24.7 Å². The minimum Gasteiger partial charge on any atom is -0.444 e. The van der Waals surface area contributed by atoms with Crippen molar-refractivity contribution in [2.24, 2.45) is 17.8 Å². The Morgan fingerprint density at radius 2 is 1.57 bits per heavy atom. The number of hydrogen-bond donors (Lipinski definition) is 3. The fraction of sp³-hybridized carbons (Fsp3) is 0.618. The van der Waals surface area contributed by atoms with E-state index in [4.69, 9.17) is 4.74 Å². The molecule has 2 aromatic rings. The van der Waals surface area contributed by atoms with Crippen molar-refractivity contribution >= 4 is 29.5 Å². The number of anilines is 1. The summed E-state index contributed by atoms with van der Waals surface area (Å²) in [4.78, 5) is 53.3. The Hall–Kier alpha value is -4.17. The molecule has 1 aliphatic heterocycles. The topological polar surface area (TPSA) is 135 Å². The van der Waals surface area contributed by atoms with Gasteiger partial charge >= 0.3 is 12.3 Å². The summed E-state index contributed by atoms with van der Waals surface area (Å²) >= 11 is 0. The first-order valence-electron chi connectivity index (χ1n) is 16.6. The van der Waals surface area contributed by atoms with E-state index in [0.717, 1.165) is 36.6 Å². The summed E-state index contributed by atoms with van der Waals surface area (Å²) in [6.45, 7) is 8.19. The highest BCUT2D eigenvalue weighted by molar-refractivity contribution is 6.01. The largest absolute Gasteiger partial charge is 0.444 e. The van der Waals surface area contributed by atoms with E-state index < -0.39 is 72.0 Å².